The third kappa shape index (κ3) is 3.46. The number of anilines is 1. The Morgan fingerprint density at radius 3 is 2.37 bits per heavy atom. The van der Waals surface area contributed by atoms with Crippen molar-refractivity contribution in [3.63, 3.8) is 0 Å². The average Bonchev–Trinajstić information content (AvgIpc) is 3.26. The van der Waals surface area contributed by atoms with Crippen LogP contribution in [0.3, 0.4) is 0 Å². The lowest BCUT2D eigenvalue weighted by atomic mass is 9.98. The van der Waals surface area contributed by atoms with Gasteiger partial charge in [0, 0.05) is 20.7 Å². The highest BCUT2D eigenvalue weighted by Crippen LogP contribution is 2.43. The van der Waals surface area contributed by atoms with Crippen LogP contribution in [-0.2, 0) is 9.59 Å². The minimum absolute atomic E-state index is 0.0222. The number of aliphatic hydroxyl groups excluding tert-OH is 1. The molecule has 5 nitrogen and oxygen atoms in total. The third-order valence-corrected chi connectivity index (χ3v) is 6.15. The molecule has 1 amide bonds. The first-order valence-corrected chi connectivity index (χ1v) is 10.3. The highest BCUT2D eigenvalue weighted by Gasteiger charge is 2.48. The van der Waals surface area contributed by atoms with E-state index in [1.165, 1.54) is 4.90 Å². The third-order valence-electron chi connectivity index (χ3n) is 5.01. The van der Waals surface area contributed by atoms with Gasteiger partial charge < -0.3 is 9.52 Å². The number of rotatable bonds is 3. The summed E-state index contributed by atoms with van der Waals surface area (Å²) in [6, 6.07) is 14.4. The molecule has 1 aliphatic heterocycles. The van der Waals surface area contributed by atoms with Gasteiger partial charge >= 0.3 is 0 Å². The number of carbonyl (C=O) groups excluding carboxylic acids is 2. The molecule has 3 aromatic rings. The van der Waals surface area contributed by atoms with Crippen molar-refractivity contribution in [3.8, 4) is 0 Å². The van der Waals surface area contributed by atoms with Crippen molar-refractivity contribution < 1.29 is 19.1 Å². The minimum atomic E-state index is -0.899. The summed E-state index contributed by atoms with van der Waals surface area (Å²) in [5, 5.41) is 11.6. The second-order valence-corrected chi connectivity index (χ2v) is 8.35. The number of hydrogen-bond donors (Lipinski definition) is 1. The predicted octanol–water partition coefficient (Wildman–Crippen LogP) is 5.94. The Morgan fingerprint density at radius 2 is 1.77 bits per heavy atom. The summed E-state index contributed by atoms with van der Waals surface area (Å²) in [6.45, 7) is 3.65. The second kappa shape index (κ2) is 7.78. The quantitative estimate of drug-likeness (QED) is 0.283. The lowest BCUT2D eigenvalue weighted by molar-refractivity contribution is -0.132. The summed E-state index contributed by atoms with van der Waals surface area (Å²) in [6.07, 6.45) is 0. The van der Waals surface area contributed by atoms with Crippen molar-refractivity contribution >= 4 is 50.7 Å². The molecule has 1 aromatic heterocycles. The van der Waals surface area contributed by atoms with Crippen LogP contribution in [0.4, 0.5) is 5.69 Å². The number of halogens is 2. The van der Waals surface area contributed by atoms with E-state index in [1.54, 1.807) is 61.5 Å². The molecule has 0 saturated carbocycles. The van der Waals surface area contributed by atoms with Crippen molar-refractivity contribution in [2.75, 3.05) is 4.90 Å². The number of furan rings is 1. The van der Waals surface area contributed by atoms with Gasteiger partial charge in [-0.05, 0) is 67.9 Å². The molecular formula is C23H17BrClNO4. The maximum Gasteiger partial charge on any atom is 0.300 e. The van der Waals surface area contributed by atoms with Crippen LogP contribution < -0.4 is 4.90 Å². The van der Waals surface area contributed by atoms with Crippen LogP contribution in [0.1, 0.15) is 28.7 Å². The number of amides is 1. The van der Waals surface area contributed by atoms with Gasteiger partial charge in [0.25, 0.3) is 11.7 Å². The number of benzene rings is 2. The highest BCUT2D eigenvalue weighted by atomic mass is 79.9. The molecule has 4 rings (SSSR count). The lowest BCUT2D eigenvalue weighted by Crippen LogP contribution is -2.29. The maximum atomic E-state index is 13.0. The zero-order valence-electron chi connectivity index (χ0n) is 16.1. The number of aryl methyl sites for hydroxylation is 2. The fourth-order valence-electron chi connectivity index (χ4n) is 3.52. The van der Waals surface area contributed by atoms with Gasteiger partial charge in [-0.3, -0.25) is 14.5 Å². The van der Waals surface area contributed by atoms with Crippen LogP contribution >= 0.6 is 27.5 Å². The first-order chi connectivity index (χ1) is 14.3. The Labute approximate surface area is 186 Å². The maximum absolute atomic E-state index is 13.0. The van der Waals surface area contributed by atoms with E-state index in [2.05, 4.69) is 15.9 Å². The van der Waals surface area contributed by atoms with Crippen molar-refractivity contribution in [2.24, 2.45) is 0 Å². The molecule has 0 bridgehead atoms. The van der Waals surface area contributed by atoms with Gasteiger partial charge in [-0.1, -0.05) is 33.6 Å². The van der Waals surface area contributed by atoms with Gasteiger partial charge in [-0.15, -0.1) is 0 Å². The van der Waals surface area contributed by atoms with E-state index in [4.69, 9.17) is 16.0 Å². The van der Waals surface area contributed by atoms with Gasteiger partial charge in [-0.2, -0.15) is 0 Å². The van der Waals surface area contributed by atoms with Gasteiger partial charge in [0.15, 0.2) is 0 Å². The largest absolute Gasteiger partial charge is 0.507 e. The minimum Gasteiger partial charge on any atom is -0.507 e. The van der Waals surface area contributed by atoms with Gasteiger partial charge in [0.1, 0.15) is 23.3 Å². The van der Waals surface area contributed by atoms with Crippen molar-refractivity contribution in [3.05, 3.63) is 92.3 Å². The lowest BCUT2D eigenvalue weighted by Gasteiger charge is -2.23. The average molecular weight is 487 g/mol. The first-order valence-electron chi connectivity index (χ1n) is 9.17. The standard InChI is InChI=1S/C23H17BrClNO4/c1-12-11-14(4-9-17(12)24)21(27)19-20(18-10-3-13(2)30-18)26(23(29)22(19)28)16-7-5-15(25)6-8-16/h3-11,20,27H,1-2H3/b21-19-. The van der Waals surface area contributed by atoms with Gasteiger partial charge in [-0.25, -0.2) is 0 Å². The van der Waals surface area contributed by atoms with E-state index in [1.807, 2.05) is 6.92 Å². The van der Waals surface area contributed by atoms with E-state index < -0.39 is 17.7 Å². The summed E-state index contributed by atoms with van der Waals surface area (Å²) in [4.78, 5) is 27.4. The number of Topliss-reactive ketones (excluding diaryl/α,β-unsaturated/α-hetero) is 1. The molecule has 1 aliphatic rings. The fraction of sp³-hybridized carbons (Fsp3) is 0.130. The van der Waals surface area contributed by atoms with Crippen molar-refractivity contribution in [1.82, 2.24) is 0 Å². The molecule has 2 heterocycles. The number of nitrogens with zero attached hydrogens (tertiary/aromatic N) is 1. The SMILES string of the molecule is Cc1ccc(C2/C(=C(/O)c3ccc(Br)c(C)c3)C(=O)C(=O)N2c2ccc(Cl)cc2)o1. The van der Waals surface area contributed by atoms with Crippen molar-refractivity contribution in [1.29, 1.82) is 0 Å². The predicted molar refractivity (Wildman–Crippen MR) is 119 cm³/mol. The van der Waals surface area contributed by atoms with Crippen molar-refractivity contribution in [2.45, 2.75) is 19.9 Å². The molecule has 1 unspecified atom stereocenters. The second-order valence-electron chi connectivity index (χ2n) is 7.06. The number of hydrogen-bond acceptors (Lipinski definition) is 4. The highest BCUT2D eigenvalue weighted by molar-refractivity contribution is 9.10. The van der Waals surface area contributed by atoms with Gasteiger partial charge in [0.05, 0.1) is 5.57 Å². The van der Waals surface area contributed by atoms with Gasteiger partial charge in [0.2, 0.25) is 0 Å². The summed E-state index contributed by atoms with van der Waals surface area (Å²) in [5.74, 6) is -0.753. The molecule has 1 fully saturated rings. The molecule has 30 heavy (non-hydrogen) atoms. The number of ketones is 1. The van der Waals surface area contributed by atoms with Crippen LogP contribution in [0.2, 0.25) is 5.02 Å². The summed E-state index contributed by atoms with van der Waals surface area (Å²) in [5.41, 5.74) is 1.78. The number of aliphatic hydroxyl groups is 1. The molecule has 2 aromatic carbocycles. The monoisotopic (exact) mass is 485 g/mol. The summed E-state index contributed by atoms with van der Waals surface area (Å²) >= 11 is 9.41. The zero-order chi connectivity index (χ0) is 21.6. The molecule has 7 heteroatoms. The first kappa shape index (κ1) is 20.4. The molecule has 1 saturated heterocycles. The van der Waals surface area contributed by atoms with E-state index in [9.17, 15) is 14.7 Å². The molecule has 0 aliphatic carbocycles. The molecule has 1 atom stereocenters. The van der Waals surface area contributed by atoms with Crippen LogP contribution in [0.25, 0.3) is 5.76 Å². The summed E-state index contributed by atoms with van der Waals surface area (Å²) < 4.78 is 6.65. The van der Waals surface area contributed by atoms with E-state index in [0.29, 0.717) is 27.8 Å². The molecular weight excluding hydrogens is 470 g/mol. The Morgan fingerprint density at radius 1 is 1.07 bits per heavy atom. The van der Waals surface area contributed by atoms with E-state index in [0.717, 1.165) is 10.0 Å². The normalized spacial score (nSPS) is 18.3. The zero-order valence-corrected chi connectivity index (χ0v) is 18.5. The molecule has 152 valence electrons. The molecule has 0 spiro atoms. The Hall–Kier alpha value is -2.83. The Kier molecular flexibility index (Phi) is 5.30. The summed E-state index contributed by atoms with van der Waals surface area (Å²) in [7, 11) is 0. The molecule has 0 radical (unpaired) electrons. The van der Waals surface area contributed by atoms with E-state index >= 15 is 0 Å². The fourth-order valence-corrected chi connectivity index (χ4v) is 3.89. The van der Waals surface area contributed by atoms with E-state index in [-0.39, 0.29) is 11.3 Å². The van der Waals surface area contributed by atoms with Crippen LogP contribution in [0.15, 0.2) is 69.1 Å². The Bertz CT molecular complexity index is 1200. The van der Waals surface area contributed by atoms with Crippen LogP contribution in [-0.4, -0.2) is 16.8 Å². The van der Waals surface area contributed by atoms with Crippen LogP contribution in [0.5, 0.6) is 0 Å². The van der Waals surface area contributed by atoms with Crippen LogP contribution in [0, 0.1) is 13.8 Å². The smallest absolute Gasteiger partial charge is 0.300 e. The number of carbonyl (C=O) groups is 2. The molecule has 1 N–H and O–H groups in total. The topological polar surface area (TPSA) is 70.8 Å². The Balaban J connectivity index is 1.94.